The van der Waals surface area contributed by atoms with E-state index in [4.69, 9.17) is 11.6 Å². The zero-order chi connectivity index (χ0) is 15.5. The van der Waals surface area contributed by atoms with Crippen molar-refractivity contribution >= 4 is 27.5 Å². The Bertz CT molecular complexity index is 629. The number of aliphatic hydroxyl groups is 2. The molecule has 5 heteroatoms. The van der Waals surface area contributed by atoms with E-state index < -0.39 is 11.2 Å². The first-order valence-electron chi connectivity index (χ1n) is 6.42. The van der Waals surface area contributed by atoms with Gasteiger partial charge in [-0.05, 0) is 41.8 Å². The fraction of sp³-hybridized carbons (Fsp3) is 0.250. The summed E-state index contributed by atoms with van der Waals surface area (Å²) < 4.78 is 14.3. The first-order chi connectivity index (χ1) is 10.0. The van der Waals surface area contributed by atoms with Crippen molar-refractivity contribution in [2.75, 3.05) is 13.2 Å². The van der Waals surface area contributed by atoms with E-state index in [1.54, 1.807) is 18.2 Å². The number of hydrogen-bond donors (Lipinski definition) is 2. The Hall–Kier alpha value is -0.940. The smallest absolute Gasteiger partial charge is 0.123 e. The van der Waals surface area contributed by atoms with Gasteiger partial charge in [-0.25, -0.2) is 4.39 Å². The van der Waals surface area contributed by atoms with Crippen molar-refractivity contribution in [2.45, 2.75) is 11.8 Å². The summed E-state index contributed by atoms with van der Waals surface area (Å²) >= 11 is 9.53. The number of halogens is 3. The van der Waals surface area contributed by atoms with Gasteiger partial charge in [-0.1, -0.05) is 45.7 Å². The fourth-order valence-electron chi connectivity index (χ4n) is 2.29. The minimum Gasteiger partial charge on any atom is -0.395 e. The Balaban J connectivity index is 2.43. The van der Waals surface area contributed by atoms with Gasteiger partial charge in [0.2, 0.25) is 0 Å². The maximum Gasteiger partial charge on any atom is 0.123 e. The highest BCUT2D eigenvalue weighted by molar-refractivity contribution is 9.10. The molecule has 0 bridgehead atoms. The van der Waals surface area contributed by atoms with Crippen LogP contribution in [0.3, 0.4) is 0 Å². The van der Waals surface area contributed by atoms with Crippen LogP contribution in [0.15, 0.2) is 46.9 Å². The monoisotopic (exact) mass is 372 g/mol. The van der Waals surface area contributed by atoms with Gasteiger partial charge >= 0.3 is 0 Å². The first-order valence-corrected chi connectivity index (χ1v) is 7.59. The normalized spacial score (nSPS) is 11.7. The van der Waals surface area contributed by atoms with Crippen molar-refractivity contribution in [1.29, 1.82) is 0 Å². The van der Waals surface area contributed by atoms with Crippen molar-refractivity contribution in [3.63, 3.8) is 0 Å². The summed E-state index contributed by atoms with van der Waals surface area (Å²) in [4.78, 5) is 0. The maximum atomic E-state index is 13.4. The van der Waals surface area contributed by atoms with Gasteiger partial charge in [0.1, 0.15) is 5.82 Å². The van der Waals surface area contributed by atoms with E-state index in [1.165, 1.54) is 12.1 Å². The molecule has 0 heterocycles. The summed E-state index contributed by atoms with van der Waals surface area (Å²) in [6, 6.07) is 11.3. The van der Waals surface area contributed by atoms with E-state index in [1.807, 2.05) is 12.1 Å². The van der Waals surface area contributed by atoms with Gasteiger partial charge in [0.05, 0.1) is 13.2 Å². The molecule has 0 saturated carbocycles. The summed E-state index contributed by atoms with van der Waals surface area (Å²) in [6.45, 7) is -0.612. The van der Waals surface area contributed by atoms with Crippen LogP contribution in [0, 0.1) is 5.82 Å². The lowest BCUT2D eigenvalue weighted by atomic mass is 9.77. The van der Waals surface area contributed by atoms with Crippen molar-refractivity contribution in [2.24, 2.45) is 0 Å². The Morgan fingerprint density at radius 2 is 1.81 bits per heavy atom. The SMILES string of the molecule is OCC(CO)(Cc1ccc(Br)cc1Cl)c1cccc(F)c1. The van der Waals surface area contributed by atoms with Crippen LogP contribution in [0.4, 0.5) is 4.39 Å². The van der Waals surface area contributed by atoms with Crippen LogP contribution in [-0.2, 0) is 11.8 Å². The zero-order valence-electron chi connectivity index (χ0n) is 11.2. The minimum atomic E-state index is -0.973. The maximum absolute atomic E-state index is 13.4. The molecule has 2 aromatic rings. The summed E-state index contributed by atoms with van der Waals surface area (Å²) in [7, 11) is 0. The fourth-order valence-corrected chi connectivity index (χ4v) is 3.03. The van der Waals surface area contributed by atoms with E-state index >= 15 is 0 Å². The molecule has 0 atom stereocenters. The molecule has 0 unspecified atom stereocenters. The predicted molar refractivity (Wildman–Crippen MR) is 85.1 cm³/mol. The Morgan fingerprint density at radius 1 is 1.10 bits per heavy atom. The van der Waals surface area contributed by atoms with Crippen LogP contribution in [0.2, 0.25) is 5.02 Å². The van der Waals surface area contributed by atoms with Crippen molar-refractivity contribution in [3.05, 3.63) is 68.9 Å². The predicted octanol–water partition coefficient (Wildman–Crippen LogP) is 3.71. The van der Waals surface area contributed by atoms with Gasteiger partial charge in [-0.3, -0.25) is 0 Å². The van der Waals surface area contributed by atoms with Crippen LogP contribution in [0.1, 0.15) is 11.1 Å². The molecular formula is C16H15BrClFO2. The largest absolute Gasteiger partial charge is 0.395 e. The summed E-state index contributed by atoms with van der Waals surface area (Å²) in [5.41, 5.74) is 0.359. The molecule has 2 nitrogen and oxygen atoms in total. The highest BCUT2D eigenvalue weighted by Crippen LogP contribution is 2.32. The first kappa shape index (κ1) is 16.4. The molecular weight excluding hydrogens is 359 g/mol. The zero-order valence-corrected chi connectivity index (χ0v) is 13.5. The van der Waals surface area contributed by atoms with Gasteiger partial charge in [0, 0.05) is 14.9 Å². The molecule has 21 heavy (non-hydrogen) atoms. The highest BCUT2D eigenvalue weighted by Gasteiger charge is 2.32. The van der Waals surface area contributed by atoms with Crippen molar-refractivity contribution in [3.8, 4) is 0 Å². The number of aliphatic hydroxyl groups excluding tert-OH is 2. The molecule has 0 aliphatic carbocycles. The average molecular weight is 374 g/mol. The van der Waals surface area contributed by atoms with E-state index in [-0.39, 0.29) is 13.2 Å². The standard InChI is InChI=1S/C16H15BrClFO2/c17-13-5-4-11(15(18)7-13)8-16(9-20,10-21)12-2-1-3-14(19)6-12/h1-7,20-21H,8-10H2. The van der Waals surface area contributed by atoms with Crippen molar-refractivity contribution in [1.82, 2.24) is 0 Å². The van der Waals surface area contributed by atoms with Crippen molar-refractivity contribution < 1.29 is 14.6 Å². The summed E-state index contributed by atoms with van der Waals surface area (Å²) in [5.74, 6) is -0.402. The second kappa shape index (κ2) is 6.88. The summed E-state index contributed by atoms with van der Waals surface area (Å²) in [6.07, 6.45) is 0.315. The third-order valence-electron chi connectivity index (χ3n) is 3.59. The second-order valence-corrected chi connectivity index (χ2v) is 6.34. The topological polar surface area (TPSA) is 40.5 Å². The molecule has 0 fully saturated rings. The molecule has 0 aliphatic heterocycles. The van der Waals surface area contributed by atoms with E-state index in [0.717, 1.165) is 10.0 Å². The molecule has 2 N–H and O–H groups in total. The van der Waals surface area contributed by atoms with E-state index in [0.29, 0.717) is 17.0 Å². The van der Waals surface area contributed by atoms with E-state index in [2.05, 4.69) is 15.9 Å². The number of benzene rings is 2. The lowest BCUT2D eigenvalue weighted by Gasteiger charge is -2.31. The molecule has 0 saturated heterocycles. The van der Waals surface area contributed by atoms with Crippen LogP contribution in [0.25, 0.3) is 0 Å². The third kappa shape index (κ3) is 3.64. The quantitative estimate of drug-likeness (QED) is 0.839. The Labute approximate surface area is 136 Å². The molecule has 2 rings (SSSR count). The van der Waals surface area contributed by atoms with Crippen LogP contribution < -0.4 is 0 Å². The second-order valence-electron chi connectivity index (χ2n) is 5.02. The molecule has 0 amide bonds. The van der Waals surface area contributed by atoms with E-state index in [9.17, 15) is 14.6 Å². The Kier molecular flexibility index (Phi) is 5.38. The summed E-state index contributed by atoms with van der Waals surface area (Å²) in [5, 5.41) is 20.1. The van der Waals surface area contributed by atoms with Gasteiger partial charge in [-0.15, -0.1) is 0 Å². The van der Waals surface area contributed by atoms with Gasteiger partial charge in [0.25, 0.3) is 0 Å². The molecule has 0 spiro atoms. The highest BCUT2D eigenvalue weighted by atomic mass is 79.9. The number of hydrogen-bond acceptors (Lipinski definition) is 2. The third-order valence-corrected chi connectivity index (χ3v) is 4.43. The molecule has 0 aromatic heterocycles. The lowest BCUT2D eigenvalue weighted by molar-refractivity contribution is 0.116. The molecule has 0 radical (unpaired) electrons. The number of rotatable bonds is 5. The Morgan fingerprint density at radius 3 is 2.38 bits per heavy atom. The lowest BCUT2D eigenvalue weighted by Crippen LogP contribution is -2.37. The van der Waals surface area contributed by atoms with Gasteiger partial charge in [-0.2, -0.15) is 0 Å². The molecule has 0 aliphatic rings. The van der Waals surface area contributed by atoms with Gasteiger partial charge in [0.15, 0.2) is 0 Å². The van der Waals surface area contributed by atoms with Crippen LogP contribution in [-0.4, -0.2) is 23.4 Å². The molecule has 2 aromatic carbocycles. The average Bonchev–Trinajstić information content (AvgIpc) is 2.47. The van der Waals surface area contributed by atoms with Crippen LogP contribution >= 0.6 is 27.5 Å². The molecule has 112 valence electrons. The minimum absolute atomic E-state index is 0.306. The van der Waals surface area contributed by atoms with Crippen LogP contribution in [0.5, 0.6) is 0 Å². The van der Waals surface area contributed by atoms with Gasteiger partial charge < -0.3 is 10.2 Å².